The fraction of sp³-hybridized carbons (Fsp3) is 0.500. The molecule has 96 valence electrons. The lowest BCUT2D eigenvalue weighted by Crippen LogP contribution is -2.28. The van der Waals surface area contributed by atoms with Crippen LogP contribution in [0, 0.1) is 6.92 Å². The average molecular weight is 320 g/mol. The van der Waals surface area contributed by atoms with Crippen LogP contribution >= 0.6 is 15.9 Å². The number of sulfonamides is 1. The van der Waals surface area contributed by atoms with Crippen molar-refractivity contribution in [3.8, 4) is 0 Å². The van der Waals surface area contributed by atoms with Gasteiger partial charge in [-0.3, -0.25) is 0 Å². The molecule has 1 rings (SSSR count). The van der Waals surface area contributed by atoms with Crippen LogP contribution in [0.1, 0.15) is 18.9 Å². The second-order valence-electron chi connectivity index (χ2n) is 4.21. The number of nitrogens with zero attached hydrogens (tertiary/aromatic N) is 1. The Kier molecular flexibility index (Phi) is 5.16. The van der Waals surface area contributed by atoms with Gasteiger partial charge in [0.05, 0.1) is 4.90 Å². The highest BCUT2D eigenvalue weighted by Crippen LogP contribution is 2.16. The number of alkyl halides is 1. The van der Waals surface area contributed by atoms with E-state index < -0.39 is 10.0 Å². The molecule has 1 unspecified atom stereocenters. The molecule has 0 aliphatic heterocycles. The molecule has 17 heavy (non-hydrogen) atoms. The van der Waals surface area contributed by atoms with Crippen LogP contribution in [0.3, 0.4) is 0 Å². The van der Waals surface area contributed by atoms with Crippen LogP contribution in [-0.4, -0.2) is 31.1 Å². The lowest BCUT2D eigenvalue weighted by atomic mass is 10.2. The SMILES string of the molecule is Cc1ccc(S(=O)(=O)N(C)CCC(C)Br)cc1. The van der Waals surface area contributed by atoms with Gasteiger partial charge >= 0.3 is 0 Å². The zero-order chi connectivity index (χ0) is 13.1. The van der Waals surface area contributed by atoms with E-state index in [2.05, 4.69) is 15.9 Å². The van der Waals surface area contributed by atoms with Crippen LogP contribution in [-0.2, 0) is 10.0 Å². The maximum Gasteiger partial charge on any atom is 0.242 e. The van der Waals surface area contributed by atoms with Crippen molar-refractivity contribution < 1.29 is 8.42 Å². The lowest BCUT2D eigenvalue weighted by Gasteiger charge is -2.17. The Morgan fingerprint density at radius 2 is 1.82 bits per heavy atom. The van der Waals surface area contributed by atoms with Gasteiger partial charge in [0.25, 0.3) is 0 Å². The molecule has 1 aromatic rings. The van der Waals surface area contributed by atoms with E-state index in [1.807, 2.05) is 26.0 Å². The molecule has 0 spiro atoms. The Hall–Kier alpha value is -0.390. The van der Waals surface area contributed by atoms with Crippen LogP contribution in [0.5, 0.6) is 0 Å². The minimum Gasteiger partial charge on any atom is -0.207 e. The third-order valence-corrected chi connectivity index (χ3v) is 4.90. The van der Waals surface area contributed by atoms with Crippen LogP contribution < -0.4 is 0 Å². The lowest BCUT2D eigenvalue weighted by molar-refractivity contribution is 0.462. The van der Waals surface area contributed by atoms with E-state index in [-0.39, 0.29) is 0 Å². The number of hydrogen-bond acceptors (Lipinski definition) is 2. The van der Waals surface area contributed by atoms with E-state index in [1.54, 1.807) is 19.2 Å². The molecule has 0 heterocycles. The maximum absolute atomic E-state index is 12.2. The molecule has 1 atom stereocenters. The third-order valence-electron chi connectivity index (χ3n) is 2.57. The minimum atomic E-state index is -3.34. The van der Waals surface area contributed by atoms with Gasteiger partial charge < -0.3 is 0 Å². The summed E-state index contributed by atoms with van der Waals surface area (Å²) in [6.45, 7) is 4.46. The minimum absolute atomic E-state index is 0.318. The highest BCUT2D eigenvalue weighted by molar-refractivity contribution is 9.09. The molecule has 0 aliphatic carbocycles. The average Bonchev–Trinajstić information content (AvgIpc) is 2.26. The molecule has 1 aromatic carbocycles. The molecule has 0 aliphatic rings. The predicted octanol–water partition coefficient (Wildman–Crippen LogP) is 2.79. The van der Waals surface area contributed by atoms with Crippen LogP contribution in [0.25, 0.3) is 0 Å². The first-order valence-corrected chi connectivity index (χ1v) is 7.86. The summed E-state index contributed by atoms with van der Waals surface area (Å²) in [5.41, 5.74) is 1.06. The van der Waals surface area contributed by atoms with Crippen molar-refractivity contribution in [1.82, 2.24) is 4.31 Å². The fourth-order valence-electron chi connectivity index (χ4n) is 1.37. The Bertz CT molecular complexity index is 454. The van der Waals surface area contributed by atoms with Gasteiger partial charge in [-0.25, -0.2) is 12.7 Å². The predicted molar refractivity (Wildman–Crippen MR) is 74.0 cm³/mol. The summed E-state index contributed by atoms with van der Waals surface area (Å²) in [4.78, 5) is 0.672. The number of aryl methyl sites for hydroxylation is 1. The quantitative estimate of drug-likeness (QED) is 0.783. The van der Waals surface area contributed by atoms with Crippen molar-refractivity contribution in [2.75, 3.05) is 13.6 Å². The summed E-state index contributed by atoms with van der Waals surface area (Å²) in [5, 5.41) is 0. The highest BCUT2D eigenvalue weighted by Gasteiger charge is 2.20. The highest BCUT2D eigenvalue weighted by atomic mass is 79.9. The largest absolute Gasteiger partial charge is 0.242 e. The van der Waals surface area contributed by atoms with Crippen molar-refractivity contribution in [3.05, 3.63) is 29.8 Å². The van der Waals surface area contributed by atoms with Crippen molar-refractivity contribution in [2.45, 2.75) is 30.0 Å². The van der Waals surface area contributed by atoms with E-state index in [0.717, 1.165) is 12.0 Å². The monoisotopic (exact) mass is 319 g/mol. The van der Waals surface area contributed by atoms with Crippen LogP contribution in [0.15, 0.2) is 29.2 Å². The molecule has 3 nitrogen and oxygen atoms in total. The van der Waals surface area contributed by atoms with Crippen molar-refractivity contribution in [3.63, 3.8) is 0 Å². The first kappa shape index (κ1) is 14.7. The van der Waals surface area contributed by atoms with Gasteiger partial charge in [-0.15, -0.1) is 0 Å². The molecular formula is C12H18BrNO2S. The van der Waals surface area contributed by atoms with Gasteiger partial charge in [0.15, 0.2) is 0 Å². The van der Waals surface area contributed by atoms with Crippen molar-refractivity contribution >= 4 is 26.0 Å². The maximum atomic E-state index is 12.2. The summed E-state index contributed by atoms with van der Waals surface area (Å²) in [6, 6.07) is 6.93. The molecule has 0 aromatic heterocycles. The molecule has 0 N–H and O–H groups in total. The van der Waals surface area contributed by atoms with Gasteiger partial charge in [-0.2, -0.15) is 0 Å². The zero-order valence-electron chi connectivity index (χ0n) is 10.4. The number of hydrogen-bond donors (Lipinski definition) is 0. The number of rotatable bonds is 5. The number of benzene rings is 1. The fourth-order valence-corrected chi connectivity index (χ4v) is 2.76. The summed E-state index contributed by atoms with van der Waals surface area (Å²) in [7, 11) is -1.72. The molecule has 0 bridgehead atoms. The molecule has 0 amide bonds. The van der Waals surface area contributed by atoms with Gasteiger partial charge in [0.1, 0.15) is 0 Å². The smallest absolute Gasteiger partial charge is 0.207 e. The first-order valence-electron chi connectivity index (χ1n) is 5.51. The Balaban J connectivity index is 2.84. The van der Waals surface area contributed by atoms with Crippen LogP contribution in [0.2, 0.25) is 0 Å². The molecule has 0 saturated heterocycles. The second kappa shape index (κ2) is 5.98. The Morgan fingerprint density at radius 3 is 2.29 bits per heavy atom. The van der Waals surface area contributed by atoms with Crippen LogP contribution in [0.4, 0.5) is 0 Å². The Morgan fingerprint density at radius 1 is 1.29 bits per heavy atom. The molecule has 0 radical (unpaired) electrons. The van der Waals surface area contributed by atoms with Gasteiger partial charge in [0, 0.05) is 18.4 Å². The summed E-state index contributed by atoms with van der Waals surface area (Å²) >= 11 is 3.41. The standard InChI is InChI=1S/C12H18BrNO2S/c1-10-4-6-12(7-5-10)17(15,16)14(3)9-8-11(2)13/h4-7,11H,8-9H2,1-3H3. The number of halogens is 1. The molecule has 0 saturated carbocycles. The van der Waals surface area contributed by atoms with E-state index in [0.29, 0.717) is 16.3 Å². The van der Waals surface area contributed by atoms with E-state index in [9.17, 15) is 8.42 Å². The van der Waals surface area contributed by atoms with E-state index in [4.69, 9.17) is 0 Å². The molecule has 5 heteroatoms. The Labute approximate surface area is 112 Å². The summed E-state index contributed by atoms with van der Waals surface area (Å²) in [6.07, 6.45) is 0.793. The third kappa shape index (κ3) is 4.08. The van der Waals surface area contributed by atoms with Gasteiger partial charge in [0.2, 0.25) is 10.0 Å². The van der Waals surface area contributed by atoms with Gasteiger partial charge in [-0.05, 0) is 25.5 Å². The van der Waals surface area contributed by atoms with Crippen molar-refractivity contribution in [1.29, 1.82) is 0 Å². The summed E-state index contributed by atoms with van der Waals surface area (Å²) < 4.78 is 25.7. The molecule has 0 fully saturated rings. The summed E-state index contributed by atoms with van der Waals surface area (Å²) in [5.74, 6) is 0. The van der Waals surface area contributed by atoms with Crippen molar-refractivity contribution in [2.24, 2.45) is 0 Å². The normalized spacial score (nSPS) is 13.9. The van der Waals surface area contributed by atoms with E-state index in [1.165, 1.54) is 4.31 Å². The second-order valence-corrected chi connectivity index (χ2v) is 7.82. The topological polar surface area (TPSA) is 37.4 Å². The van der Waals surface area contributed by atoms with E-state index >= 15 is 0 Å². The molecular weight excluding hydrogens is 302 g/mol. The zero-order valence-corrected chi connectivity index (χ0v) is 12.8. The van der Waals surface area contributed by atoms with Gasteiger partial charge in [-0.1, -0.05) is 40.5 Å². The first-order chi connectivity index (χ1) is 7.84.